The van der Waals surface area contributed by atoms with Crippen molar-refractivity contribution in [1.29, 1.82) is 0 Å². The predicted octanol–water partition coefficient (Wildman–Crippen LogP) is 18.6. The molecule has 2 aliphatic rings. The summed E-state index contributed by atoms with van der Waals surface area (Å²) < 4.78 is 22.9. The van der Waals surface area contributed by atoms with E-state index in [4.69, 9.17) is 18.9 Å². The number of hydrogen-bond donors (Lipinski definition) is 9. The zero-order valence-electron chi connectivity index (χ0n) is 62.7. The van der Waals surface area contributed by atoms with Crippen LogP contribution in [0, 0.1) is 0 Å². The number of nitrogens with one attached hydrogen (secondary N) is 1. The Kier molecular flexibility index (Phi) is 62.8. The van der Waals surface area contributed by atoms with Gasteiger partial charge in [0, 0.05) is 6.42 Å². The van der Waals surface area contributed by atoms with Crippen molar-refractivity contribution in [3.63, 3.8) is 0 Å². The Morgan fingerprint density at radius 3 is 1.07 bits per heavy atom. The maximum atomic E-state index is 13.4. The van der Waals surface area contributed by atoms with Gasteiger partial charge in [-0.3, -0.25) is 4.79 Å². The second-order valence-electron chi connectivity index (χ2n) is 28.2. The zero-order valence-corrected chi connectivity index (χ0v) is 62.7. The number of carbonyl (C=O) groups excluding carboxylic acids is 1. The molecular formula is C85H149NO13. The second-order valence-corrected chi connectivity index (χ2v) is 28.2. The van der Waals surface area contributed by atoms with Gasteiger partial charge in [0.15, 0.2) is 12.6 Å². The lowest BCUT2D eigenvalue weighted by atomic mass is 9.97. The van der Waals surface area contributed by atoms with Crippen molar-refractivity contribution in [3.05, 3.63) is 109 Å². The molecule has 0 bridgehead atoms. The smallest absolute Gasteiger partial charge is 0.220 e. The van der Waals surface area contributed by atoms with Crippen molar-refractivity contribution in [2.75, 3.05) is 19.8 Å². The molecule has 12 atom stereocenters. The fourth-order valence-electron chi connectivity index (χ4n) is 12.8. The molecule has 99 heavy (non-hydrogen) atoms. The molecule has 2 fully saturated rings. The van der Waals surface area contributed by atoms with Crippen LogP contribution in [-0.4, -0.2) is 140 Å². The highest BCUT2D eigenvalue weighted by atomic mass is 16.7. The maximum Gasteiger partial charge on any atom is 0.220 e. The van der Waals surface area contributed by atoms with E-state index >= 15 is 0 Å². The summed E-state index contributed by atoms with van der Waals surface area (Å²) in [5.41, 5.74) is 0. The number of rotatable bonds is 67. The molecule has 14 heteroatoms. The van der Waals surface area contributed by atoms with E-state index in [1.807, 2.05) is 6.08 Å². The number of carbonyl (C=O) groups is 1. The summed E-state index contributed by atoms with van der Waals surface area (Å²) in [5.74, 6) is -0.248. The Morgan fingerprint density at radius 1 is 0.374 bits per heavy atom. The van der Waals surface area contributed by atoms with Crippen LogP contribution in [0.5, 0.6) is 0 Å². The fraction of sp³-hybridized carbons (Fsp3) is 0.776. The molecule has 1 amide bonds. The van der Waals surface area contributed by atoms with Crippen molar-refractivity contribution >= 4 is 5.91 Å². The van der Waals surface area contributed by atoms with Crippen molar-refractivity contribution in [2.24, 2.45) is 0 Å². The summed E-state index contributed by atoms with van der Waals surface area (Å²) >= 11 is 0. The van der Waals surface area contributed by atoms with Crippen LogP contribution in [0.4, 0.5) is 0 Å². The minimum atomic E-state index is -1.80. The lowest BCUT2D eigenvalue weighted by molar-refractivity contribution is -0.359. The van der Waals surface area contributed by atoms with Crippen molar-refractivity contribution in [1.82, 2.24) is 5.32 Å². The van der Waals surface area contributed by atoms with E-state index in [1.165, 1.54) is 199 Å². The van der Waals surface area contributed by atoms with Crippen LogP contribution in [0.25, 0.3) is 0 Å². The van der Waals surface area contributed by atoms with Gasteiger partial charge in [-0.05, 0) is 83.5 Å². The zero-order chi connectivity index (χ0) is 71.5. The van der Waals surface area contributed by atoms with Gasteiger partial charge in [0.1, 0.15) is 48.8 Å². The number of aliphatic hydroxyl groups excluding tert-OH is 8. The van der Waals surface area contributed by atoms with Crippen molar-refractivity contribution in [2.45, 2.75) is 402 Å². The number of amides is 1. The molecule has 0 aromatic heterocycles. The largest absolute Gasteiger partial charge is 0.394 e. The lowest BCUT2D eigenvalue weighted by Crippen LogP contribution is -2.65. The summed E-state index contributed by atoms with van der Waals surface area (Å²) in [4.78, 5) is 13.4. The van der Waals surface area contributed by atoms with Gasteiger partial charge in [0.05, 0.1) is 32.0 Å². The molecule has 2 aliphatic heterocycles. The standard InChI is InChI=1S/C85H149NO13/c1-3-5-7-9-11-13-15-17-19-21-23-25-27-29-31-33-35-37-39-41-43-45-47-49-51-53-55-57-59-61-63-65-67-69-77(90)86-73(72-96-84-82(95)80(93)83(76(71-88)98-84)99-85-81(94)79(92)78(91)75(70-87)97-85)74(89)68-66-64-62-60-58-56-54-52-50-48-46-44-42-40-38-36-34-32-30-28-26-24-22-20-18-16-14-12-10-8-6-4-2/h5,7,11,13,17,19,23,25,29,31,35,37,41,43,47,49,66,68,73-76,78-85,87-89,91-95H,3-4,6,8-10,12,14-16,18,20-22,24,26-28,30,32-34,36,38-40,42,44-46,48,50-65,67,69-72H2,1-2H3,(H,86,90)/b7-5-,13-11-,19-17-,25-23-,31-29-,37-35-,43-41-,49-47-,68-66+. The predicted molar refractivity (Wildman–Crippen MR) is 410 cm³/mol. The van der Waals surface area contributed by atoms with Gasteiger partial charge in [-0.1, -0.05) is 348 Å². The molecule has 0 saturated carbocycles. The minimum absolute atomic E-state index is 0.248. The highest BCUT2D eigenvalue weighted by Gasteiger charge is 2.51. The molecule has 0 aromatic carbocycles. The maximum absolute atomic E-state index is 13.4. The normalized spacial score (nSPS) is 22.5. The number of allylic oxidation sites excluding steroid dienone is 17. The molecule has 0 radical (unpaired) electrons. The quantitative estimate of drug-likeness (QED) is 0.0204. The van der Waals surface area contributed by atoms with Gasteiger partial charge in [-0.2, -0.15) is 0 Å². The first kappa shape index (κ1) is 91.7. The van der Waals surface area contributed by atoms with Crippen LogP contribution in [0.2, 0.25) is 0 Å². The molecule has 2 rings (SSSR count). The molecule has 0 spiro atoms. The van der Waals surface area contributed by atoms with Gasteiger partial charge in [0.2, 0.25) is 5.91 Å². The van der Waals surface area contributed by atoms with E-state index in [-0.39, 0.29) is 18.9 Å². The first-order chi connectivity index (χ1) is 48.6. The van der Waals surface area contributed by atoms with Crippen LogP contribution in [0.1, 0.15) is 328 Å². The van der Waals surface area contributed by atoms with Gasteiger partial charge in [0.25, 0.3) is 0 Å². The highest BCUT2D eigenvalue weighted by molar-refractivity contribution is 5.76. The number of aliphatic hydroxyl groups is 8. The van der Waals surface area contributed by atoms with E-state index in [0.29, 0.717) is 6.42 Å². The molecule has 9 N–H and O–H groups in total. The van der Waals surface area contributed by atoms with Gasteiger partial charge in [-0.25, -0.2) is 0 Å². The Labute approximate surface area is 604 Å². The summed E-state index contributed by atoms with van der Waals surface area (Å²) in [6.07, 6.45) is 81.6. The summed E-state index contributed by atoms with van der Waals surface area (Å²) in [6, 6.07) is -0.930. The Bertz CT molecular complexity index is 2080. The number of ether oxygens (including phenoxy) is 4. The topological polar surface area (TPSA) is 228 Å². The van der Waals surface area contributed by atoms with E-state index in [2.05, 4.69) is 116 Å². The van der Waals surface area contributed by atoms with Crippen LogP contribution in [0.3, 0.4) is 0 Å². The first-order valence-electron chi connectivity index (χ1n) is 40.6. The van der Waals surface area contributed by atoms with Gasteiger partial charge >= 0.3 is 0 Å². The highest BCUT2D eigenvalue weighted by Crippen LogP contribution is 2.30. The first-order valence-corrected chi connectivity index (χ1v) is 40.6. The van der Waals surface area contributed by atoms with E-state index < -0.39 is 86.8 Å². The molecule has 12 unspecified atom stereocenters. The summed E-state index contributed by atoms with van der Waals surface area (Å²) in [7, 11) is 0. The fourth-order valence-corrected chi connectivity index (χ4v) is 12.8. The van der Waals surface area contributed by atoms with Crippen LogP contribution in [0.15, 0.2) is 109 Å². The average molecular weight is 1390 g/mol. The Balaban J connectivity index is 1.64. The number of unbranched alkanes of at least 4 members (excludes halogenated alkanes) is 38. The molecule has 14 nitrogen and oxygen atoms in total. The Morgan fingerprint density at radius 2 is 0.697 bits per heavy atom. The SMILES string of the molecule is CC/C=C\C/C=C\C/C=C\C/C=C\C/C=C\C/C=C\C/C=C\C/C=C\CCCCCCCCCCC(=O)NC(COC1OC(CO)C(OC2OC(CO)C(O)C(O)C2O)C(O)C1O)C(O)/C=C/CCCCCCCCCCCCCCCCCCCCCCCCCCCCCCCC. The average Bonchev–Trinajstić information content (AvgIpc) is 0.793. The summed E-state index contributed by atoms with van der Waals surface area (Å²) in [6.45, 7) is 2.72. The van der Waals surface area contributed by atoms with Gasteiger partial charge < -0.3 is 65.1 Å². The van der Waals surface area contributed by atoms with E-state index in [9.17, 15) is 45.6 Å². The van der Waals surface area contributed by atoms with Crippen LogP contribution < -0.4 is 5.32 Å². The second kappa shape index (κ2) is 67.8. The molecule has 2 heterocycles. The molecule has 0 aliphatic carbocycles. The van der Waals surface area contributed by atoms with Crippen LogP contribution >= 0.6 is 0 Å². The lowest BCUT2D eigenvalue weighted by Gasteiger charge is -2.46. The van der Waals surface area contributed by atoms with Gasteiger partial charge in [-0.15, -0.1) is 0 Å². The summed E-state index contributed by atoms with van der Waals surface area (Å²) in [5, 5.41) is 87.7. The monoisotopic (exact) mass is 1390 g/mol. The third kappa shape index (κ3) is 50.7. The number of hydrogen-bond acceptors (Lipinski definition) is 13. The molecular weight excluding hydrogens is 1240 g/mol. The van der Waals surface area contributed by atoms with Crippen molar-refractivity contribution in [3.8, 4) is 0 Å². The third-order valence-electron chi connectivity index (χ3n) is 19.2. The Hall–Kier alpha value is -3.35. The molecule has 2 saturated heterocycles. The minimum Gasteiger partial charge on any atom is -0.394 e. The van der Waals surface area contributed by atoms with E-state index in [0.717, 1.165) is 103 Å². The molecule has 572 valence electrons. The van der Waals surface area contributed by atoms with Crippen molar-refractivity contribution < 1.29 is 64.6 Å². The van der Waals surface area contributed by atoms with Crippen LogP contribution in [-0.2, 0) is 23.7 Å². The third-order valence-corrected chi connectivity index (χ3v) is 19.2. The molecule has 0 aromatic rings. The van der Waals surface area contributed by atoms with E-state index in [1.54, 1.807) is 6.08 Å².